The smallest absolute Gasteiger partial charge is 0.119 e. The minimum Gasteiger partial charge on any atom is -0.497 e. The summed E-state index contributed by atoms with van der Waals surface area (Å²) >= 11 is 0. The van der Waals surface area contributed by atoms with Gasteiger partial charge in [-0.05, 0) is 55.6 Å². The van der Waals surface area contributed by atoms with E-state index in [2.05, 4.69) is 23.1 Å². The molecule has 2 nitrogen and oxygen atoms in total. The van der Waals surface area contributed by atoms with Crippen LogP contribution in [0.25, 0.3) is 0 Å². The number of rotatable bonds is 2. The fourth-order valence-electron chi connectivity index (χ4n) is 2.66. The highest BCUT2D eigenvalue weighted by Crippen LogP contribution is 2.30. The molecule has 3 rings (SSSR count). The van der Waals surface area contributed by atoms with Gasteiger partial charge in [0.25, 0.3) is 0 Å². The second-order valence-corrected chi connectivity index (χ2v) is 4.59. The predicted octanol–water partition coefficient (Wildman–Crippen LogP) is 1.87. The Morgan fingerprint density at radius 2 is 2.00 bits per heavy atom. The van der Waals surface area contributed by atoms with Gasteiger partial charge in [-0.1, -0.05) is 6.07 Å². The largest absolute Gasteiger partial charge is 0.497 e. The fourth-order valence-corrected chi connectivity index (χ4v) is 2.66. The standard InChI is InChI=1S/C13H17NO/c1-15-13-4-3-10-7-12(8-11(10)9-13)14-5-2-6-14/h3-4,9,12H,2,5-8H2,1H3. The van der Waals surface area contributed by atoms with Gasteiger partial charge in [-0.3, -0.25) is 4.90 Å². The van der Waals surface area contributed by atoms with Gasteiger partial charge in [0.05, 0.1) is 7.11 Å². The van der Waals surface area contributed by atoms with Crippen LogP contribution in [0.2, 0.25) is 0 Å². The maximum Gasteiger partial charge on any atom is 0.119 e. The van der Waals surface area contributed by atoms with Gasteiger partial charge in [0.1, 0.15) is 5.75 Å². The molecule has 0 aromatic heterocycles. The highest BCUT2D eigenvalue weighted by Gasteiger charge is 2.29. The summed E-state index contributed by atoms with van der Waals surface area (Å²) in [6, 6.07) is 7.28. The van der Waals surface area contributed by atoms with Gasteiger partial charge in [0, 0.05) is 6.04 Å². The van der Waals surface area contributed by atoms with Crippen LogP contribution in [0, 0.1) is 0 Å². The molecule has 1 saturated heterocycles. The lowest BCUT2D eigenvalue weighted by atomic mass is 10.1. The minimum absolute atomic E-state index is 0.765. The summed E-state index contributed by atoms with van der Waals surface area (Å²) < 4.78 is 5.26. The van der Waals surface area contributed by atoms with Gasteiger partial charge in [-0.2, -0.15) is 0 Å². The molecular formula is C13H17NO. The first-order chi connectivity index (χ1) is 7.36. The molecule has 15 heavy (non-hydrogen) atoms. The molecule has 0 bridgehead atoms. The molecule has 1 aromatic rings. The maximum atomic E-state index is 5.26. The zero-order valence-electron chi connectivity index (χ0n) is 9.20. The molecule has 0 radical (unpaired) electrons. The van der Waals surface area contributed by atoms with Crippen molar-refractivity contribution >= 4 is 0 Å². The molecule has 0 saturated carbocycles. The van der Waals surface area contributed by atoms with Crippen molar-refractivity contribution in [1.29, 1.82) is 0 Å². The predicted molar refractivity (Wildman–Crippen MR) is 60.4 cm³/mol. The topological polar surface area (TPSA) is 12.5 Å². The molecule has 1 atom stereocenters. The molecule has 1 heterocycles. The van der Waals surface area contributed by atoms with Crippen molar-refractivity contribution in [2.45, 2.75) is 25.3 Å². The Morgan fingerprint density at radius 3 is 2.67 bits per heavy atom. The third-order valence-electron chi connectivity index (χ3n) is 3.73. The Labute approximate surface area is 90.8 Å². The number of fused-ring (bicyclic) bond motifs is 1. The van der Waals surface area contributed by atoms with E-state index in [0.29, 0.717) is 0 Å². The van der Waals surface area contributed by atoms with Crippen molar-refractivity contribution in [1.82, 2.24) is 4.90 Å². The second kappa shape index (κ2) is 3.53. The average Bonchev–Trinajstić information content (AvgIpc) is 2.56. The Morgan fingerprint density at radius 1 is 1.20 bits per heavy atom. The Kier molecular flexibility index (Phi) is 2.17. The lowest BCUT2D eigenvalue weighted by molar-refractivity contribution is 0.123. The van der Waals surface area contributed by atoms with Gasteiger partial charge in [-0.25, -0.2) is 0 Å². The highest BCUT2D eigenvalue weighted by molar-refractivity contribution is 5.40. The average molecular weight is 203 g/mol. The van der Waals surface area contributed by atoms with Crippen molar-refractivity contribution in [3.8, 4) is 5.75 Å². The van der Waals surface area contributed by atoms with Crippen molar-refractivity contribution < 1.29 is 4.74 Å². The summed E-state index contributed by atoms with van der Waals surface area (Å²) in [6.45, 7) is 2.60. The third kappa shape index (κ3) is 1.53. The van der Waals surface area contributed by atoms with Crippen LogP contribution in [0.15, 0.2) is 18.2 Å². The molecule has 0 spiro atoms. The van der Waals surface area contributed by atoms with E-state index in [1.165, 1.54) is 43.5 Å². The molecule has 1 aliphatic carbocycles. The Hall–Kier alpha value is -1.02. The third-order valence-corrected chi connectivity index (χ3v) is 3.73. The van der Waals surface area contributed by atoms with Crippen molar-refractivity contribution in [3.63, 3.8) is 0 Å². The highest BCUT2D eigenvalue weighted by atomic mass is 16.5. The van der Waals surface area contributed by atoms with Crippen LogP contribution in [0.5, 0.6) is 5.75 Å². The first-order valence-corrected chi connectivity index (χ1v) is 5.76. The molecule has 1 aliphatic heterocycles. The van der Waals surface area contributed by atoms with E-state index >= 15 is 0 Å². The summed E-state index contributed by atoms with van der Waals surface area (Å²) in [4.78, 5) is 2.60. The molecule has 1 aromatic carbocycles. The van der Waals surface area contributed by atoms with Crippen LogP contribution in [0.4, 0.5) is 0 Å². The van der Waals surface area contributed by atoms with Crippen LogP contribution < -0.4 is 4.74 Å². The van der Waals surface area contributed by atoms with Crippen LogP contribution in [0.1, 0.15) is 17.5 Å². The van der Waals surface area contributed by atoms with Crippen LogP contribution in [-0.2, 0) is 12.8 Å². The summed E-state index contributed by atoms with van der Waals surface area (Å²) in [7, 11) is 1.74. The lowest BCUT2D eigenvalue weighted by Crippen LogP contribution is -2.45. The van der Waals surface area contributed by atoms with E-state index in [4.69, 9.17) is 4.74 Å². The SMILES string of the molecule is COc1ccc2c(c1)CC(N1CCC1)C2. The number of hydrogen-bond acceptors (Lipinski definition) is 2. The summed E-state index contributed by atoms with van der Waals surface area (Å²) in [6.07, 6.45) is 3.84. The summed E-state index contributed by atoms with van der Waals surface area (Å²) in [5.41, 5.74) is 3.01. The van der Waals surface area contributed by atoms with Gasteiger partial charge in [0.15, 0.2) is 0 Å². The van der Waals surface area contributed by atoms with E-state index in [9.17, 15) is 0 Å². The molecule has 2 aliphatic rings. The minimum atomic E-state index is 0.765. The quantitative estimate of drug-likeness (QED) is 0.727. The molecule has 0 N–H and O–H groups in total. The number of ether oxygens (including phenoxy) is 1. The normalized spacial score (nSPS) is 24.7. The van der Waals surface area contributed by atoms with Crippen molar-refractivity contribution in [2.75, 3.05) is 20.2 Å². The first kappa shape index (κ1) is 9.22. The molecule has 1 unspecified atom stereocenters. The number of nitrogens with zero attached hydrogens (tertiary/aromatic N) is 1. The molecule has 2 heteroatoms. The molecular weight excluding hydrogens is 186 g/mol. The monoisotopic (exact) mass is 203 g/mol. The number of hydrogen-bond donors (Lipinski definition) is 0. The van der Waals surface area contributed by atoms with E-state index < -0.39 is 0 Å². The van der Waals surface area contributed by atoms with Crippen LogP contribution >= 0.6 is 0 Å². The van der Waals surface area contributed by atoms with E-state index in [0.717, 1.165) is 11.8 Å². The second-order valence-electron chi connectivity index (χ2n) is 4.59. The van der Waals surface area contributed by atoms with Gasteiger partial charge >= 0.3 is 0 Å². The number of likely N-dealkylation sites (tertiary alicyclic amines) is 1. The van der Waals surface area contributed by atoms with Gasteiger partial charge in [0.2, 0.25) is 0 Å². The number of methoxy groups -OCH3 is 1. The Bertz CT molecular complexity index is 371. The fraction of sp³-hybridized carbons (Fsp3) is 0.538. The van der Waals surface area contributed by atoms with Gasteiger partial charge < -0.3 is 4.74 Å². The first-order valence-electron chi connectivity index (χ1n) is 5.76. The van der Waals surface area contributed by atoms with E-state index in [-0.39, 0.29) is 0 Å². The van der Waals surface area contributed by atoms with Crippen molar-refractivity contribution in [3.05, 3.63) is 29.3 Å². The maximum absolute atomic E-state index is 5.26. The lowest BCUT2D eigenvalue weighted by Gasteiger charge is -2.36. The molecule has 0 amide bonds. The zero-order chi connectivity index (χ0) is 10.3. The van der Waals surface area contributed by atoms with Crippen LogP contribution in [-0.4, -0.2) is 31.1 Å². The van der Waals surface area contributed by atoms with E-state index in [1.807, 2.05) is 0 Å². The van der Waals surface area contributed by atoms with Crippen LogP contribution in [0.3, 0.4) is 0 Å². The van der Waals surface area contributed by atoms with Crippen molar-refractivity contribution in [2.24, 2.45) is 0 Å². The molecule has 80 valence electrons. The number of benzene rings is 1. The van der Waals surface area contributed by atoms with Gasteiger partial charge in [-0.15, -0.1) is 0 Å². The van der Waals surface area contributed by atoms with E-state index in [1.54, 1.807) is 7.11 Å². The summed E-state index contributed by atoms with van der Waals surface area (Å²) in [5, 5.41) is 0. The molecule has 1 fully saturated rings. The zero-order valence-corrected chi connectivity index (χ0v) is 9.20. The summed E-state index contributed by atoms with van der Waals surface area (Å²) in [5.74, 6) is 0.998. The Balaban J connectivity index is 1.80.